The van der Waals surface area contributed by atoms with Crippen LogP contribution in [0.4, 0.5) is 8.78 Å². The molecular weight excluding hydrogens is 424 g/mol. The summed E-state index contributed by atoms with van der Waals surface area (Å²) in [5, 5.41) is 3.18. The molecule has 1 fully saturated rings. The van der Waals surface area contributed by atoms with Gasteiger partial charge in [0.15, 0.2) is 16.7 Å². The zero-order valence-corrected chi connectivity index (χ0v) is 17.5. The van der Waals surface area contributed by atoms with E-state index >= 15 is 0 Å². The SMILES string of the molecule is Cc1ccc(Oc2ccc(/C=C3\SC(N4CCNC(=O)C4)=NC3=O)cc2F)c(CF)c1. The number of rotatable bonds is 4. The van der Waals surface area contributed by atoms with Crippen LogP contribution in [0.3, 0.4) is 0 Å². The fourth-order valence-corrected chi connectivity index (χ4v) is 4.14. The van der Waals surface area contributed by atoms with E-state index in [1.54, 1.807) is 35.2 Å². The number of alkyl halides is 1. The van der Waals surface area contributed by atoms with E-state index in [9.17, 15) is 18.4 Å². The van der Waals surface area contributed by atoms with Crippen molar-refractivity contribution in [3.63, 3.8) is 0 Å². The molecule has 1 saturated heterocycles. The second-order valence-corrected chi connectivity index (χ2v) is 8.13. The van der Waals surface area contributed by atoms with Gasteiger partial charge in [0.2, 0.25) is 5.91 Å². The number of amidine groups is 1. The van der Waals surface area contributed by atoms with Crippen molar-refractivity contribution in [2.24, 2.45) is 4.99 Å². The highest BCUT2D eigenvalue weighted by atomic mass is 32.2. The number of ether oxygens (including phenoxy) is 1. The van der Waals surface area contributed by atoms with Crippen LogP contribution in [0.2, 0.25) is 0 Å². The number of thioether (sulfide) groups is 1. The standard InChI is InChI=1S/C22H19F2N3O3S/c1-13-2-4-17(15(8-13)11-23)30-18-5-3-14(9-16(18)24)10-19-21(29)26-22(31-19)27-7-6-25-20(28)12-27/h2-5,8-10H,6-7,11-12H2,1H3,(H,25,28)/b19-10-. The van der Waals surface area contributed by atoms with Crippen LogP contribution in [0.1, 0.15) is 16.7 Å². The Morgan fingerprint density at radius 2 is 2.03 bits per heavy atom. The molecule has 0 radical (unpaired) electrons. The summed E-state index contributed by atoms with van der Waals surface area (Å²) in [6, 6.07) is 9.30. The minimum absolute atomic E-state index is 0.0395. The number of hydrogen-bond donors (Lipinski definition) is 1. The average Bonchev–Trinajstić information content (AvgIpc) is 3.11. The summed E-state index contributed by atoms with van der Waals surface area (Å²) >= 11 is 1.15. The first-order valence-electron chi connectivity index (χ1n) is 9.60. The molecule has 0 saturated carbocycles. The van der Waals surface area contributed by atoms with Gasteiger partial charge in [-0.1, -0.05) is 17.7 Å². The second kappa shape index (κ2) is 8.89. The van der Waals surface area contributed by atoms with Crippen LogP contribution < -0.4 is 10.1 Å². The molecule has 160 valence electrons. The highest BCUT2D eigenvalue weighted by molar-refractivity contribution is 8.18. The van der Waals surface area contributed by atoms with Gasteiger partial charge in [-0.2, -0.15) is 4.99 Å². The molecule has 0 aliphatic carbocycles. The Labute approximate surface area is 182 Å². The number of amides is 2. The molecule has 2 aliphatic heterocycles. The molecule has 0 aromatic heterocycles. The lowest BCUT2D eigenvalue weighted by atomic mass is 10.1. The third-order valence-electron chi connectivity index (χ3n) is 4.75. The molecule has 9 heteroatoms. The van der Waals surface area contributed by atoms with Gasteiger partial charge in [0, 0.05) is 18.7 Å². The molecular formula is C22H19F2N3O3S. The Kier molecular flexibility index (Phi) is 6.03. The van der Waals surface area contributed by atoms with Crippen LogP contribution in [-0.4, -0.2) is 41.5 Å². The third-order valence-corrected chi connectivity index (χ3v) is 5.80. The summed E-state index contributed by atoms with van der Waals surface area (Å²) in [5.41, 5.74) is 1.69. The van der Waals surface area contributed by atoms with Crippen molar-refractivity contribution in [3.05, 3.63) is 63.8 Å². The Bertz CT molecular complexity index is 1120. The van der Waals surface area contributed by atoms with Crippen molar-refractivity contribution in [3.8, 4) is 11.5 Å². The quantitative estimate of drug-likeness (QED) is 0.728. The molecule has 2 aliphatic rings. The van der Waals surface area contributed by atoms with Gasteiger partial charge in [-0.15, -0.1) is 0 Å². The van der Waals surface area contributed by atoms with Gasteiger partial charge in [0.1, 0.15) is 12.4 Å². The maximum Gasteiger partial charge on any atom is 0.286 e. The van der Waals surface area contributed by atoms with Gasteiger partial charge in [-0.25, -0.2) is 8.78 Å². The number of carbonyl (C=O) groups excluding carboxylic acids is 2. The number of carbonyl (C=O) groups is 2. The van der Waals surface area contributed by atoms with Crippen molar-refractivity contribution >= 4 is 34.8 Å². The van der Waals surface area contributed by atoms with Crippen molar-refractivity contribution < 1.29 is 23.1 Å². The Morgan fingerprint density at radius 1 is 1.23 bits per heavy atom. The smallest absolute Gasteiger partial charge is 0.286 e. The van der Waals surface area contributed by atoms with E-state index in [-0.39, 0.29) is 24.0 Å². The number of benzene rings is 2. The van der Waals surface area contributed by atoms with Gasteiger partial charge in [0.05, 0.1) is 11.4 Å². The molecule has 1 N–H and O–H groups in total. The van der Waals surface area contributed by atoms with Crippen LogP contribution in [0.25, 0.3) is 6.08 Å². The molecule has 0 bridgehead atoms. The normalized spacial score (nSPS) is 17.7. The molecule has 31 heavy (non-hydrogen) atoms. The predicted octanol–water partition coefficient (Wildman–Crippen LogP) is 3.80. The molecule has 2 heterocycles. The number of hydrogen-bond acceptors (Lipinski definition) is 5. The largest absolute Gasteiger partial charge is 0.454 e. The highest BCUT2D eigenvalue weighted by Gasteiger charge is 2.28. The van der Waals surface area contributed by atoms with Gasteiger partial charge in [0.25, 0.3) is 5.91 Å². The summed E-state index contributed by atoms with van der Waals surface area (Å²) in [6.07, 6.45) is 1.54. The molecule has 4 rings (SSSR count). The van der Waals surface area contributed by atoms with E-state index in [1.165, 1.54) is 12.1 Å². The van der Waals surface area contributed by atoms with E-state index in [0.29, 0.717) is 34.3 Å². The number of aliphatic imine (C=N–C) groups is 1. The molecule has 2 amide bonds. The van der Waals surface area contributed by atoms with E-state index in [0.717, 1.165) is 17.3 Å². The molecule has 2 aromatic rings. The Morgan fingerprint density at radius 3 is 2.77 bits per heavy atom. The van der Waals surface area contributed by atoms with Crippen LogP contribution in [-0.2, 0) is 16.3 Å². The number of aryl methyl sites for hydroxylation is 1. The summed E-state index contributed by atoms with van der Waals surface area (Å²) in [4.78, 5) is 29.9. The van der Waals surface area contributed by atoms with Gasteiger partial charge >= 0.3 is 0 Å². The third kappa shape index (κ3) is 4.77. The number of piperazine rings is 1. The van der Waals surface area contributed by atoms with E-state index in [1.807, 2.05) is 6.92 Å². The van der Waals surface area contributed by atoms with Crippen molar-refractivity contribution in [1.82, 2.24) is 10.2 Å². The number of nitrogens with one attached hydrogen (secondary N) is 1. The summed E-state index contributed by atoms with van der Waals surface area (Å²) in [7, 11) is 0. The summed E-state index contributed by atoms with van der Waals surface area (Å²) in [5.74, 6) is -0.977. The number of nitrogens with zero attached hydrogens (tertiary/aromatic N) is 2. The first-order chi connectivity index (χ1) is 14.9. The molecule has 6 nitrogen and oxygen atoms in total. The lowest BCUT2D eigenvalue weighted by Gasteiger charge is -2.27. The predicted molar refractivity (Wildman–Crippen MR) is 115 cm³/mol. The monoisotopic (exact) mass is 443 g/mol. The van der Waals surface area contributed by atoms with E-state index < -0.39 is 18.4 Å². The number of halogens is 2. The second-order valence-electron chi connectivity index (χ2n) is 7.12. The molecule has 2 aromatic carbocycles. The minimum atomic E-state index is -0.719. The Hall–Kier alpha value is -3.20. The first-order valence-corrected chi connectivity index (χ1v) is 10.4. The van der Waals surface area contributed by atoms with Crippen molar-refractivity contribution in [1.29, 1.82) is 0 Å². The molecule has 0 atom stereocenters. The van der Waals surface area contributed by atoms with Crippen LogP contribution in [0.15, 0.2) is 46.3 Å². The van der Waals surface area contributed by atoms with E-state index in [2.05, 4.69) is 10.3 Å². The highest BCUT2D eigenvalue weighted by Crippen LogP contribution is 2.33. The summed E-state index contributed by atoms with van der Waals surface area (Å²) < 4.78 is 33.4. The molecule has 0 unspecified atom stereocenters. The van der Waals surface area contributed by atoms with E-state index in [4.69, 9.17) is 4.74 Å². The average molecular weight is 443 g/mol. The fraction of sp³-hybridized carbons (Fsp3) is 0.227. The molecule has 0 spiro atoms. The topological polar surface area (TPSA) is 71.0 Å². The fourth-order valence-electron chi connectivity index (χ4n) is 3.21. The van der Waals surface area contributed by atoms with Gasteiger partial charge in [-0.3, -0.25) is 9.59 Å². The first kappa shape index (κ1) is 21.0. The van der Waals surface area contributed by atoms with Gasteiger partial charge in [-0.05, 0) is 54.6 Å². The maximum atomic E-state index is 14.6. The van der Waals surface area contributed by atoms with Crippen LogP contribution >= 0.6 is 11.8 Å². The van der Waals surface area contributed by atoms with Crippen LogP contribution in [0.5, 0.6) is 11.5 Å². The minimum Gasteiger partial charge on any atom is -0.454 e. The van der Waals surface area contributed by atoms with Crippen LogP contribution in [0, 0.1) is 12.7 Å². The van der Waals surface area contributed by atoms with Crippen molar-refractivity contribution in [2.45, 2.75) is 13.6 Å². The summed E-state index contributed by atoms with van der Waals surface area (Å²) in [6.45, 7) is 2.32. The lowest BCUT2D eigenvalue weighted by molar-refractivity contribution is -0.123. The lowest BCUT2D eigenvalue weighted by Crippen LogP contribution is -2.49. The Balaban J connectivity index is 1.49. The zero-order chi connectivity index (χ0) is 22.0. The van der Waals surface area contributed by atoms with Gasteiger partial charge < -0.3 is 15.0 Å². The van der Waals surface area contributed by atoms with Crippen molar-refractivity contribution in [2.75, 3.05) is 19.6 Å². The zero-order valence-electron chi connectivity index (χ0n) is 16.7. The maximum absolute atomic E-state index is 14.6.